The van der Waals surface area contributed by atoms with Crippen molar-refractivity contribution in [3.05, 3.63) is 63.8 Å². The summed E-state index contributed by atoms with van der Waals surface area (Å²) < 4.78 is 32.6. The van der Waals surface area contributed by atoms with Crippen LogP contribution in [-0.2, 0) is 22.3 Å². The third-order valence-electron chi connectivity index (χ3n) is 7.66. The molecule has 5 atom stereocenters. The fourth-order valence-corrected chi connectivity index (χ4v) is 6.10. The number of hydrogen-bond acceptors (Lipinski definition) is 8. The number of H-pyrrole nitrogens is 1. The predicted octanol–water partition coefficient (Wildman–Crippen LogP) is 3.69. The van der Waals surface area contributed by atoms with Crippen LogP contribution >= 0.6 is 11.6 Å². The fourth-order valence-electron chi connectivity index (χ4n) is 5.87. The summed E-state index contributed by atoms with van der Waals surface area (Å²) in [6, 6.07) is 7.59. The zero-order valence-electron chi connectivity index (χ0n) is 20.5. The minimum atomic E-state index is -0.652. The second kappa shape index (κ2) is 9.23. The number of aromatic nitrogens is 5. The first-order valence-corrected chi connectivity index (χ1v) is 13.1. The number of aliphatic hydroxyl groups is 1. The van der Waals surface area contributed by atoms with E-state index >= 15 is 4.39 Å². The number of rotatable bonds is 5. The number of pyridine rings is 1. The predicted molar refractivity (Wildman–Crippen MR) is 136 cm³/mol. The first-order chi connectivity index (χ1) is 18.4. The minimum absolute atomic E-state index is 0.0352. The Bertz CT molecular complexity index is 1550. The van der Waals surface area contributed by atoms with E-state index in [1.807, 2.05) is 13.0 Å². The summed E-state index contributed by atoms with van der Waals surface area (Å²) in [4.78, 5) is 12.3. The summed E-state index contributed by atoms with van der Waals surface area (Å²) in [6.07, 6.45) is 1.98. The van der Waals surface area contributed by atoms with Crippen molar-refractivity contribution in [2.75, 3.05) is 13.2 Å². The van der Waals surface area contributed by atoms with Gasteiger partial charge >= 0.3 is 0 Å². The van der Waals surface area contributed by atoms with Gasteiger partial charge in [-0.25, -0.2) is 9.37 Å². The van der Waals surface area contributed by atoms with E-state index in [1.54, 1.807) is 18.3 Å². The zero-order chi connectivity index (χ0) is 26.0. The molecule has 2 N–H and O–H groups in total. The molecule has 2 saturated heterocycles. The molecule has 0 spiro atoms. The highest BCUT2D eigenvalue weighted by atomic mass is 35.5. The average molecular weight is 538 g/mol. The number of aryl methyl sites for hydroxylation is 2. The van der Waals surface area contributed by atoms with Crippen LogP contribution in [0.15, 0.2) is 30.5 Å². The third-order valence-corrected chi connectivity index (χ3v) is 7.99. The van der Waals surface area contributed by atoms with Crippen molar-refractivity contribution in [3.63, 3.8) is 0 Å². The van der Waals surface area contributed by atoms with Crippen molar-refractivity contribution in [2.24, 2.45) is 0 Å². The summed E-state index contributed by atoms with van der Waals surface area (Å²) >= 11 is 6.61. The van der Waals surface area contributed by atoms with Crippen molar-refractivity contribution in [3.8, 4) is 17.1 Å². The molecule has 3 aromatic heterocycles. The lowest BCUT2D eigenvalue weighted by Gasteiger charge is -2.15. The number of imidazole rings is 1. The van der Waals surface area contributed by atoms with Crippen LogP contribution in [0, 0.1) is 12.7 Å². The van der Waals surface area contributed by atoms with Crippen LogP contribution in [0.2, 0.25) is 5.02 Å². The van der Waals surface area contributed by atoms with Gasteiger partial charge in [0, 0.05) is 5.56 Å². The van der Waals surface area contributed by atoms with Crippen LogP contribution in [0.5, 0.6) is 6.01 Å². The number of fused-ring (bicyclic) bond motifs is 3. The lowest BCUT2D eigenvalue weighted by molar-refractivity contribution is 0.00706. The highest BCUT2D eigenvalue weighted by Gasteiger charge is 2.48. The van der Waals surface area contributed by atoms with Crippen LogP contribution in [0.1, 0.15) is 34.9 Å². The smallest absolute Gasteiger partial charge is 0.296 e. The summed E-state index contributed by atoms with van der Waals surface area (Å²) in [6.45, 7) is 2.39. The molecule has 0 bridgehead atoms. The van der Waals surface area contributed by atoms with E-state index in [0.717, 1.165) is 40.8 Å². The number of aliphatic hydroxyl groups excluding tert-OH is 1. The van der Waals surface area contributed by atoms with Crippen LogP contribution in [0.3, 0.4) is 0 Å². The van der Waals surface area contributed by atoms with E-state index in [9.17, 15) is 5.11 Å². The molecule has 0 amide bonds. The third kappa shape index (κ3) is 4.12. The molecule has 0 unspecified atom stereocenters. The number of nitrogens with zero attached hydrogens (tertiary/aromatic N) is 4. The Morgan fingerprint density at radius 2 is 2.00 bits per heavy atom. The molecule has 7 rings (SSSR count). The van der Waals surface area contributed by atoms with Gasteiger partial charge in [0.05, 0.1) is 41.3 Å². The maximum absolute atomic E-state index is 15.4. The van der Waals surface area contributed by atoms with Gasteiger partial charge in [-0.3, -0.25) is 0 Å². The molecule has 4 aromatic rings. The molecule has 5 heterocycles. The molecule has 2 aliphatic heterocycles. The highest BCUT2D eigenvalue weighted by molar-refractivity contribution is 6.31. The Balaban J connectivity index is 1.12. The lowest BCUT2D eigenvalue weighted by Crippen LogP contribution is -2.34. The van der Waals surface area contributed by atoms with E-state index in [-0.39, 0.29) is 42.7 Å². The Morgan fingerprint density at radius 3 is 2.87 bits per heavy atom. The van der Waals surface area contributed by atoms with Crippen molar-refractivity contribution in [1.29, 1.82) is 0 Å². The normalized spacial score (nSPS) is 26.2. The second-order valence-corrected chi connectivity index (χ2v) is 10.6. The summed E-state index contributed by atoms with van der Waals surface area (Å²) in [5.74, 6) is -0.259. The molecule has 11 heteroatoms. The van der Waals surface area contributed by atoms with E-state index in [1.165, 1.54) is 0 Å². The van der Waals surface area contributed by atoms with Gasteiger partial charge in [0.25, 0.3) is 6.01 Å². The molecule has 0 radical (unpaired) electrons. The van der Waals surface area contributed by atoms with Crippen molar-refractivity contribution in [2.45, 2.75) is 56.5 Å². The topological polar surface area (TPSA) is 115 Å². The molecule has 1 aliphatic carbocycles. The molecule has 9 nitrogen and oxygen atoms in total. The summed E-state index contributed by atoms with van der Waals surface area (Å²) in [7, 11) is 0. The number of halogens is 2. The molecule has 38 heavy (non-hydrogen) atoms. The van der Waals surface area contributed by atoms with E-state index in [4.69, 9.17) is 30.8 Å². The largest absolute Gasteiger partial charge is 0.456 e. The van der Waals surface area contributed by atoms with Gasteiger partial charge in [-0.05, 0) is 67.0 Å². The van der Waals surface area contributed by atoms with Crippen molar-refractivity contribution >= 4 is 22.8 Å². The van der Waals surface area contributed by atoms with E-state index < -0.39 is 6.10 Å². The minimum Gasteiger partial charge on any atom is -0.456 e. The van der Waals surface area contributed by atoms with Crippen molar-refractivity contribution < 1.29 is 23.7 Å². The van der Waals surface area contributed by atoms with Crippen LogP contribution in [0.4, 0.5) is 4.39 Å². The van der Waals surface area contributed by atoms with Crippen LogP contribution in [-0.4, -0.2) is 67.9 Å². The number of benzene rings is 1. The maximum Gasteiger partial charge on any atom is 0.296 e. The first kappa shape index (κ1) is 23.9. The molecular weight excluding hydrogens is 513 g/mol. The molecule has 0 saturated carbocycles. The van der Waals surface area contributed by atoms with Crippen LogP contribution < -0.4 is 4.74 Å². The fraction of sp³-hybridized carbons (Fsp3) is 0.407. The summed E-state index contributed by atoms with van der Waals surface area (Å²) in [5.41, 5.74) is 5.95. The Morgan fingerprint density at radius 1 is 1.13 bits per heavy atom. The molecular formula is C27H25ClFN5O4. The summed E-state index contributed by atoms with van der Waals surface area (Å²) in [5, 5.41) is 18.4. The van der Waals surface area contributed by atoms with Gasteiger partial charge in [-0.15, -0.1) is 0 Å². The number of aromatic amines is 1. The van der Waals surface area contributed by atoms with Gasteiger partial charge in [-0.2, -0.15) is 15.2 Å². The average Bonchev–Trinajstić information content (AvgIpc) is 3.66. The lowest BCUT2D eigenvalue weighted by atomic mass is 9.93. The van der Waals surface area contributed by atoms with Gasteiger partial charge in [0.2, 0.25) is 0 Å². The van der Waals surface area contributed by atoms with Gasteiger partial charge in [-0.1, -0.05) is 17.7 Å². The standard InChI is InChI=1S/C27H25ClFN5O4/c1-12-4-16(9-30-34-12)15-5-13-2-3-14(23(13)18(29)6-15)7-19-17(28)8-20-26(31-19)33-27(32-20)38-22-11-37-24-21(35)10-36-25(22)24/h4-6,8-9,14,21-22,24-25,35H,2-3,7,10-11H2,1H3,(H,31,32,33)/t14-,21-,22-,24-,25-/m1/s1. The van der Waals surface area contributed by atoms with Crippen LogP contribution in [0.25, 0.3) is 22.3 Å². The van der Waals surface area contributed by atoms with Gasteiger partial charge < -0.3 is 24.3 Å². The molecule has 2 fully saturated rings. The molecule has 196 valence electrons. The molecule has 3 aliphatic rings. The zero-order valence-corrected chi connectivity index (χ0v) is 21.3. The number of hydrogen-bond donors (Lipinski definition) is 2. The van der Waals surface area contributed by atoms with Gasteiger partial charge in [0.1, 0.15) is 24.1 Å². The monoisotopic (exact) mass is 537 g/mol. The van der Waals surface area contributed by atoms with E-state index in [0.29, 0.717) is 34.9 Å². The van der Waals surface area contributed by atoms with Crippen molar-refractivity contribution in [1.82, 2.24) is 25.1 Å². The Labute approximate surface area is 222 Å². The Hall–Kier alpha value is -3.18. The highest BCUT2D eigenvalue weighted by Crippen LogP contribution is 2.40. The number of nitrogens with one attached hydrogen (secondary N) is 1. The quantitative estimate of drug-likeness (QED) is 0.396. The maximum atomic E-state index is 15.4. The van der Waals surface area contributed by atoms with Gasteiger partial charge in [0.15, 0.2) is 11.8 Å². The first-order valence-electron chi connectivity index (χ1n) is 12.7. The SMILES string of the molecule is Cc1cc(-c2cc(F)c3c(c2)CC[C@@H]3Cc2nc3nc(O[C@@H]4CO[C@H]5[C@@H]4OC[C@H]5O)[nH]c3cc2Cl)cnn1. The second-order valence-electron chi connectivity index (χ2n) is 10.2. The number of ether oxygens (including phenoxy) is 3. The van der Waals surface area contributed by atoms with E-state index in [2.05, 4.69) is 26.2 Å². The Kier molecular flexibility index (Phi) is 5.81. The molecule has 1 aromatic carbocycles.